The molecule has 0 aliphatic heterocycles. The van der Waals surface area contributed by atoms with E-state index in [9.17, 15) is 14.4 Å². The zero-order valence-corrected chi connectivity index (χ0v) is 13.4. The molecular formula is C17H18N2O6. The second-order valence-corrected chi connectivity index (χ2v) is 4.77. The van der Waals surface area contributed by atoms with Gasteiger partial charge in [-0.3, -0.25) is 10.2 Å². The lowest BCUT2D eigenvalue weighted by molar-refractivity contribution is -0.127. The van der Waals surface area contributed by atoms with Gasteiger partial charge in [0.05, 0.1) is 11.1 Å². The number of hydrazine groups is 1. The molecule has 2 aromatic rings. The molecule has 132 valence electrons. The molecule has 0 saturated heterocycles. The normalized spacial score (nSPS) is 10.6. The Kier molecular flexibility index (Phi) is 7.61. The quantitative estimate of drug-likeness (QED) is 0.366. The van der Waals surface area contributed by atoms with E-state index >= 15 is 0 Å². The third-order valence-electron chi connectivity index (χ3n) is 2.92. The largest absolute Gasteiger partial charge is 0.481 e. The van der Waals surface area contributed by atoms with Gasteiger partial charge >= 0.3 is 11.9 Å². The van der Waals surface area contributed by atoms with Gasteiger partial charge in [0.2, 0.25) is 0 Å². The number of nitrogens with two attached hydrogens (primary N) is 1. The molecule has 0 radical (unpaired) electrons. The topological polar surface area (TPSA) is 139 Å². The van der Waals surface area contributed by atoms with Crippen LogP contribution < -0.4 is 16.0 Å². The number of nitrogens with one attached hydrogen (secondary N) is 1. The van der Waals surface area contributed by atoms with Crippen molar-refractivity contribution in [3.63, 3.8) is 0 Å². The molecule has 1 atom stereocenters. The SMILES string of the molecule is CC(Oc1ccccc1)C(=O)NN.O=C(O)c1cccc(C(=O)O)c1. The molecule has 2 aromatic carbocycles. The fourth-order valence-electron chi connectivity index (χ4n) is 1.66. The number of carbonyl (C=O) groups is 3. The van der Waals surface area contributed by atoms with E-state index in [4.69, 9.17) is 20.8 Å². The first-order chi connectivity index (χ1) is 11.8. The van der Waals surface area contributed by atoms with E-state index in [2.05, 4.69) is 0 Å². The molecule has 8 heteroatoms. The van der Waals surface area contributed by atoms with Gasteiger partial charge in [-0.15, -0.1) is 0 Å². The van der Waals surface area contributed by atoms with Crippen LogP contribution in [0.2, 0.25) is 0 Å². The number of carboxylic acids is 2. The summed E-state index contributed by atoms with van der Waals surface area (Å²) in [6.07, 6.45) is -0.576. The van der Waals surface area contributed by atoms with Gasteiger partial charge in [-0.1, -0.05) is 24.3 Å². The number of carbonyl (C=O) groups excluding carboxylic acids is 1. The Bertz CT molecular complexity index is 704. The molecule has 5 N–H and O–H groups in total. The van der Waals surface area contributed by atoms with Crippen molar-refractivity contribution in [3.8, 4) is 5.75 Å². The maximum absolute atomic E-state index is 11.0. The standard InChI is InChI=1S/C9H12N2O2.C8H6O4/c1-7(9(12)11-10)13-8-5-3-2-4-6-8;9-7(10)5-2-1-3-6(4-5)8(11)12/h2-7H,10H2,1H3,(H,11,12);1-4H,(H,9,10)(H,11,12). The summed E-state index contributed by atoms with van der Waals surface area (Å²) in [5, 5.41) is 17.0. The van der Waals surface area contributed by atoms with Gasteiger partial charge in [0.25, 0.3) is 5.91 Å². The summed E-state index contributed by atoms with van der Waals surface area (Å²) in [7, 11) is 0. The van der Waals surface area contributed by atoms with E-state index in [1.165, 1.54) is 18.2 Å². The van der Waals surface area contributed by atoms with Crippen molar-refractivity contribution in [1.29, 1.82) is 0 Å². The second kappa shape index (κ2) is 9.68. The number of benzene rings is 2. The molecule has 0 spiro atoms. The predicted octanol–water partition coefficient (Wildman–Crippen LogP) is 1.53. The molecule has 8 nitrogen and oxygen atoms in total. The van der Waals surface area contributed by atoms with Crippen LogP contribution in [0.3, 0.4) is 0 Å². The zero-order valence-electron chi connectivity index (χ0n) is 13.4. The highest BCUT2D eigenvalue weighted by Crippen LogP contribution is 2.10. The highest BCUT2D eigenvalue weighted by atomic mass is 16.5. The highest BCUT2D eigenvalue weighted by Gasteiger charge is 2.12. The average molecular weight is 346 g/mol. The maximum atomic E-state index is 11.0. The van der Waals surface area contributed by atoms with Crippen LogP contribution in [0.15, 0.2) is 54.6 Å². The van der Waals surface area contributed by atoms with E-state index in [1.54, 1.807) is 19.1 Å². The minimum absolute atomic E-state index is 0.0186. The summed E-state index contributed by atoms with van der Waals surface area (Å²) in [6, 6.07) is 14.3. The summed E-state index contributed by atoms with van der Waals surface area (Å²) in [6.45, 7) is 1.63. The first-order valence-electron chi connectivity index (χ1n) is 7.14. The van der Waals surface area contributed by atoms with E-state index in [0.717, 1.165) is 6.07 Å². The van der Waals surface area contributed by atoms with Crippen LogP contribution in [0.1, 0.15) is 27.6 Å². The van der Waals surface area contributed by atoms with Gasteiger partial charge in [-0.25, -0.2) is 15.4 Å². The number of hydrogen-bond donors (Lipinski definition) is 4. The van der Waals surface area contributed by atoms with Crippen molar-refractivity contribution >= 4 is 17.8 Å². The molecule has 0 bridgehead atoms. The van der Waals surface area contributed by atoms with Crippen molar-refractivity contribution in [2.24, 2.45) is 5.84 Å². The smallest absolute Gasteiger partial charge is 0.335 e. The molecular weight excluding hydrogens is 328 g/mol. The molecule has 0 aromatic heterocycles. The summed E-state index contributed by atoms with van der Waals surface area (Å²) in [5.74, 6) is 3.00. The number of hydrogen-bond acceptors (Lipinski definition) is 5. The van der Waals surface area contributed by atoms with Crippen LogP contribution in [0.25, 0.3) is 0 Å². The molecule has 0 aliphatic rings. The Morgan fingerprint density at radius 3 is 1.92 bits per heavy atom. The number of rotatable bonds is 5. The number of para-hydroxylation sites is 1. The van der Waals surface area contributed by atoms with Gasteiger partial charge in [0, 0.05) is 0 Å². The molecule has 0 aliphatic carbocycles. The van der Waals surface area contributed by atoms with Crippen molar-refractivity contribution in [1.82, 2.24) is 5.43 Å². The first-order valence-corrected chi connectivity index (χ1v) is 7.14. The first kappa shape index (κ1) is 19.7. The van der Waals surface area contributed by atoms with Crippen LogP contribution in [-0.2, 0) is 4.79 Å². The third kappa shape index (κ3) is 6.71. The molecule has 25 heavy (non-hydrogen) atoms. The van der Waals surface area contributed by atoms with Crippen LogP contribution in [0, 0.1) is 0 Å². The van der Waals surface area contributed by atoms with Crippen molar-refractivity contribution in [2.45, 2.75) is 13.0 Å². The van der Waals surface area contributed by atoms with Crippen molar-refractivity contribution < 1.29 is 29.3 Å². The zero-order chi connectivity index (χ0) is 18.8. The fourth-order valence-corrected chi connectivity index (χ4v) is 1.66. The molecule has 1 amide bonds. The lowest BCUT2D eigenvalue weighted by Crippen LogP contribution is -2.40. The van der Waals surface area contributed by atoms with Crippen LogP contribution in [0.5, 0.6) is 5.75 Å². The predicted molar refractivity (Wildman–Crippen MR) is 89.2 cm³/mol. The van der Waals surface area contributed by atoms with Gasteiger partial charge in [-0.05, 0) is 37.3 Å². The average Bonchev–Trinajstić information content (AvgIpc) is 2.62. The van der Waals surface area contributed by atoms with Crippen LogP contribution >= 0.6 is 0 Å². The monoisotopic (exact) mass is 346 g/mol. The van der Waals surface area contributed by atoms with Crippen molar-refractivity contribution in [2.75, 3.05) is 0 Å². The Hall–Kier alpha value is -3.39. The minimum Gasteiger partial charge on any atom is -0.481 e. The number of aromatic carboxylic acids is 2. The Morgan fingerprint density at radius 1 is 0.960 bits per heavy atom. The lowest BCUT2D eigenvalue weighted by Gasteiger charge is -2.12. The second-order valence-electron chi connectivity index (χ2n) is 4.77. The highest BCUT2D eigenvalue weighted by molar-refractivity contribution is 5.93. The molecule has 0 fully saturated rings. The molecule has 0 heterocycles. The minimum atomic E-state index is -1.13. The summed E-state index contributed by atoms with van der Waals surface area (Å²) in [4.78, 5) is 31.7. The Morgan fingerprint density at radius 2 is 1.48 bits per heavy atom. The summed E-state index contributed by atoms with van der Waals surface area (Å²) in [5.41, 5.74) is 1.98. The number of ether oxygens (including phenoxy) is 1. The molecule has 2 rings (SSSR count). The van der Waals surface area contributed by atoms with Gasteiger partial charge in [0.15, 0.2) is 6.10 Å². The van der Waals surface area contributed by atoms with Gasteiger partial charge in [0.1, 0.15) is 5.75 Å². The van der Waals surface area contributed by atoms with Crippen molar-refractivity contribution in [3.05, 3.63) is 65.7 Å². The van der Waals surface area contributed by atoms with Gasteiger partial charge in [-0.2, -0.15) is 0 Å². The van der Waals surface area contributed by atoms with Gasteiger partial charge < -0.3 is 14.9 Å². The number of carboxylic acid groups (broad SMARTS) is 2. The summed E-state index contributed by atoms with van der Waals surface area (Å²) >= 11 is 0. The van der Waals surface area contributed by atoms with E-state index in [1.807, 2.05) is 23.6 Å². The number of amides is 1. The molecule has 0 saturated carbocycles. The van der Waals surface area contributed by atoms with Crippen LogP contribution in [-0.4, -0.2) is 34.2 Å². The Balaban J connectivity index is 0.000000251. The fraction of sp³-hybridized carbons (Fsp3) is 0.118. The van der Waals surface area contributed by atoms with E-state index in [0.29, 0.717) is 5.75 Å². The maximum Gasteiger partial charge on any atom is 0.335 e. The van der Waals surface area contributed by atoms with E-state index < -0.39 is 18.0 Å². The molecule has 1 unspecified atom stereocenters. The van der Waals surface area contributed by atoms with Crippen LogP contribution in [0.4, 0.5) is 0 Å². The third-order valence-corrected chi connectivity index (χ3v) is 2.92. The Labute approximate surface area is 143 Å². The summed E-state index contributed by atoms with van der Waals surface area (Å²) < 4.78 is 5.27. The van der Waals surface area contributed by atoms with E-state index in [-0.39, 0.29) is 17.0 Å². The lowest BCUT2D eigenvalue weighted by atomic mass is 10.1.